The van der Waals surface area contributed by atoms with Crippen LogP contribution in [0.5, 0.6) is 0 Å². The normalized spacial score (nSPS) is 18.0. The fourth-order valence-corrected chi connectivity index (χ4v) is 2.77. The Bertz CT molecular complexity index is 316. The molecule has 7 heteroatoms. The second-order valence-corrected chi connectivity index (χ2v) is 6.33. The third-order valence-corrected chi connectivity index (χ3v) is 4.44. The number of nitrogens with zero attached hydrogens (tertiary/aromatic N) is 1. The smallest absolute Gasteiger partial charge is 0.227 e. The monoisotopic (exact) mass is 357 g/mol. The van der Waals surface area contributed by atoms with Gasteiger partial charge in [0.15, 0.2) is 0 Å². The predicted molar refractivity (Wildman–Crippen MR) is 96.0 cm³/mol. The largest absolute Gasteiger partial charge is 0.373 e. The maximum absolute atomic E-state index is 12.3. The predicted octanol–water partition coefficient (Wildman–Crippen LogP) is 1.82. The molecule has 0 unspecified atom stereocenters. The van der Waals surface area contributed by atoms with E-state index in [4.69, 9.17) is 10.5 Å². The molecule has 0 bridgehead atoms. The summed E-state index contributed by atoms with van der Waals surface area (Å²) < 4.78 is 5.68. The Balaban J connectivity index is 0. The highest BCUT2D eigenvalue weighted by Gasteiger charge is 2.33. The van der Waals surface area contributed by atoms with Gasteiger partial charge < -0.3 is 15.8 Å². The molecule has 0 aromatic heterocycles. The molecule has 5 nitrogen and oxygen atoms in total. The number of hydrogen-bond donors (Lipinski definition) is 2. The van der Waals surface area contributed by atoms with Crippen molar-refractivity contribution in [3.63, 3.8) is 0 Å². The van der Waals surface area contributed by atoms with E-state index < -0.39 is 5.41 Å². The van der Waals surface area contributed by atoms with Crippen molar-refractivity contribution in [2.45, 2.75) is 46.1 Å². The van der Waals surface area contributed by atoms with Crippen LogP contribution in [0.4, 0.5) is 0 Å². The lowest BCUT2D eigenvalue weighted by atomic mass is 9.81. The number of ether oxygens (including phenoxy) is 1. The van der Waals surface area contributed by atoms with Crippen LogP contribution in [0.1, 0.15) is 40.5 Å². The molecule has 0 spiro atoms. The number of carbonyl (C=O) groups is 1. The molecule has 3 N–H and O–H groups in total. The van der Waals surface area contributed by atoms with Crippen molar-refractivity contribution < 1.29 is 9.53 Å². The Hall–Kier alpha value is -0.0700. The Kier molecular flexibility index (Phi) is 11.7. The average Bonchev–Trinajstić information content (AvgIpc) is 2.40. The van der Waals surface area contributed by atoms with Crippen molar-refractivity contribution in [1.29, 1.82) is 0 Å². The highest BCUT2D eigenvalue weighted by atomic mass is 35.5. The van der Waals surface area contributed by atoms with E-state index in [1.54, 1.807) is 0 Å². The first-order valence-electron chi connectivity index (χ1n) is 7.74. The summed E-state index contributed by atoms with van der Waals surface area (Å²) in [6.45, 7) is 12.8. The van der Waals surface area contributed by atoms with Gasteiger partial charge in [-0.3, -0.25) is 9.69 Å². The van der Waals surface area contributed by atoms with Crippen LogP contribution >= 0.6 is 24.8 Å². The van der Waals surface area contributed by atoms with Crippen LogP contribution in [-0.4, -0.2) is 55.7 Å². The van der Waals surface area contributed by atoms with Gasteiger partial charge >= 0.3 is 0 Å². The van der Waals surface area contributed by atoms with E-state index in [1.165, 1.54) is 0 Å². The number of rotatable bonds is 7. The summed E-state index contributed by atoms with van der Waals surface area (Å²) in [5.41, 5.74) is 5.31. The van der Waals surface area contributed by atoms with E-state index in [9.17, 15) is 4.79 Å². The number of nitrogens with two attached hydrogens (primary N) is 1. The summed E-state index contributed by atoms with van der Waals surface area (Å²) in [5.74, 6) is 0.0949. The highest BCUT2D eigenvalue weighted by molar-refractivity contribution is 5.85. The van der Waals surface area contributed by atoms with Crippen molar-refractivity contribution >= 4 is 30.7 Å². The summed E-state index contributed by atoms with van der Waals surface area (Å²) in [5, 5.41) is 3.05. The fraction of sp³-hybridized carbons (Fsp3) is 0.933. The topological polar surface area (TPSA) is 67.6 Å². The van der Waals surface area contributed by atoms with Crippen molar-refractivity contribution in [2.24, 2.45) is 11.1 Å². The van der Waals surface area contributed by atoms with Crippen LogP contribution in [0.2, 0.25) is 0 Å². The van der Waals surface area contributed by atoms with E-state index in [0.29, 0.717) is 13.1 Å². The molecular weight excluding hydrogens is 325 g/mol. The molecule has 134 valence electrons. The summed E-state index contributed by atoms with van der Waals surface area (Å²) >= 11 is 0. The Morgan fingerprint density at radius 2 is 1.91 bits per heavy atom. The number of amides is 1. The number of hydrogen-bond acceptors (Lipinski definition) is 4. The van der Waals surface area contributed by atoms with Gasteiger partial charge in [0.25, 0.3) is 0 Å². The molecule has 22 heavy (non-hydrogen) atoms. The van der Waals surface area contributed by atoms with E-state index in [0.717, 1.165) is 39.1 Å². The number of carbonyl (C=O) groups excluding carboxylic acids is 1. The molecule has 0 saturated carbocycles. The first-order valence-corrected chi connectivity index (χ1v) is 7.74. The summed E-state index contributed by atoms with van der Waals surface area (Å²) in [6.07, 6.45) is 1.58. The highest BCUT2D eigenvalue weighted by Crippen LogP contribution is 2.24. The molecule has 1 fully saturated rings. The van der Waals surface area contributed by atoms with Gasteiger partial charge in [0.2, 0.25) is 5.91 Å². The molecular formula is C15H33Cl2N3O2. The molecule has 1 aliphatic rings. The molecule has 0 radical (unpaired) electrons. The van der Waals surface area contributed by atoms with E-state index >= 15 is 0 Å². The SMILES string of the molecule is CCC(CC)(CN)C(=O)NCCN1CCOC(C)(C)C1.Cl.Cl. The lowest BCUT2D eigenvalue weighted by molar-refractivity contribution is -0.131. The third kappa shape index (κ3) is 6.59. The molecule has 1 heterocycles. The van der Waals surface area contributed by atoms with Gasteiger partial charge in [0.05, 0.1) is 17.6 Å². The minimum Gasteiger partial charge on any atom is -0.373 e. The lowest BCUT2D eigenvalue weighted by Gasteiger charge is -2.38. The van der Waals surface area contributed by atoms with Gasteiger partial charge in [0, 0.05) is 32.7 Å². The molecule has 1 rings (SSSR count). The van der Waals surface area contributed by atoms with Crippen molar-refractivity contribution in [2.75, 3.05) is 39.3 Å². The lowest BCUT2D eigenvalue weighted by Crippen LogP contribution is -2.51. The zero-order valence-electron chi connectivity index (χ0n) is 14.3. The fourth-order valence-electron chi connectivity index (χ4n) is 2.77. The third-order valence-electron chi connectivity index (χ3n) is 4.44. The van der Waals surface area contributed by atoms with Crippen LogP contribution in [0.3, 0.4) is 0 Å². The zero-order valence-corrected chi connectivity index (χ0v) is 15.9. The van der Waals surface area contributed by atoms with Gasteiger partial charge in [-0.2, -0.15) is 0 Å². The van der Waals surface area contributed by atoms with Gasteiger partial charge in [-0.25, -0.2) is 0 Å². The Morgan fingerprint density at radius 1 is 1.32 bits per heavy atom. The number of morpholine rings is 1. The second kappa shape index (κ2) is 10.7. The van der Waals surface area contributed by atoms with E-state index in [2.05, 4.69) is 24.1 Å². The first kappa shape index (κ1) is 24.2. The minimum absolute atomic E-state index is 0. The van der Waals surface area contributed by atoms with Crippen LogP contribution < -0.4 is 11.1 Å². The molecule has 0 atom stereocenters. The molecule has 0 aromatic carbocycles. The minimum atomic E-state index is -0.399. The van der Waals surface area contributed by atoms with E-state index in [-0.39, 0.29) is 36.3 Å². The van der Waals surface area contributed by atoms with Crippen molar-refractivity contribution in [3.05, 3.63) is 0 Å². The molecule has 1 saturated heterocycles. The van der Waals surface area contributed by atoms with Gasteiger partial charge in [-0.15, -0.1) is 24.8 Å². The Morgan fingerprint density at radius 3 is 2.36 bits per heavy atom. The van der Waals surface area contributed by atoms with Crippen LogP contribution in [-0.2, 0) is 9.53 Å². The van der Waals surface area contributed by atoms with Crippen LogP contribution in [0.15, 0.2) is 0 Å². The first-order chi connectivity index (χ1) is 9.39. The van der Waals surface area contributed by atoms with Gasteiger partial charge in [-0.1, -0.05) is 13.8 Å². The maximum Gasteiger partial charge on any atom is 0.227 e. The molecule has 0 aliphatic carbocycles. The van der Waals surface area contributed by atoms with Gasteiger partial charge in [0.1, 0.15) is 0 Å². The molecule has 1 amide bonds. The Labute approximate surface area is 147 Å². The van der Waals surface area contributed by atoms with E-state index in [1.807, 2.05) is 13.8 Å². The maximum atomic E-state index is 12.3. The quantitative estimate of drug-likeness (QED) is 0.729. The second-order valence-electron chi connectivity index (χ2n) is 6.33. The number of nitrogens with one attached hydrogen (secondary N) is 1. The molecule has 1 aliphatic heterocycles. The van der Waals surface area contributed by atoms with Crippen LogP contribution in [0, 0.1) is 5.41 Å². The van der Waals surface area contributed by atoms with Crippen molar-refractivity contribution in [3.8, 4) is 0 Å². The summed E-state index contributed by atoms with van der Waals surface area (Å²) in [7, 11) is 0. The van der Waals surface area contributed by atoms with Crippen LogP contribution in [0.25, 0.3) is 0 Å². The van der Waals surface area contributed by atoms with Crippen molar-refractivity contribution in [1.82, 2.24) is 10.2 Å². The standard InChI is InChI=1S/C15H31N3O2.2ClH/c1-5-15(6-2,11-16)13(19)17-7-8-18-9-10-20-14(3,4)12-18;;/h5-12,16H2,1-4H3,(H,17,19);2*1H. The summed E-state index contributed by atoms with van der Waals surface area (Å²) in [4.78, 5) is 14.6. The summed E-state index contributed by atoms with van der Waals surface area (Å²) in [6, 6.07) is 0. The number of halogens is 2. The van der Waals surface area contributed by atoms with Gasteiger partial charge in [-0.05, 0) is 26.7 Å². The molecule has 0 aromatic rings. The average molecular weight is 358 g/mol. The zero-order chi connectivity index (χ0) is 15.2.